The fourth-order valence-corrected chi connectivity index (χ4v) is 3.04. The molecule has 1 N–H and O–H groups in total. The Morgan fingerprint density at radius 3 is 2.48 bits per heavy atom. The second kappa shape index (κ2) is 6.57. The van der Waals surface area contributed by atoms with Crippen LogP contribution in [0.1, 0.15) is 40.5 Å². The molecular weight excluding hydrogens is 350 g/mol. The van der Waals surface area contributed by atoms with Crippen LogP contribution in [0.2, 0.25) is 0 Å². The van der Waals surface area contributed by atoms with Gasteiger partial charge < -0.3 is 5.32 Å². The number of carbonyl (C=O) groups is 1. The first-order valence-electron chi connectivity index (χ1n) is 8.70. The number of anilines is 1. The number of benzene rings is 1. The van der Waals surface area contributed by atoms with Gasteiger partial charge in [-0.1, -0.05) is 0 Å². The number of nitrogens with one attached hydrogen (secondary N) is 1. The van der Waals surface area contributed by atoms with E-state index in [1.165, 1.54) is 16.8 Å². The van der Waals surface area contributed by atoms with Gasteiger partial charge in [0.05, 0.1) is 17.0 Å². The van der Waals surface area contributed by atoms with E-state index in [2.05, 4.69) is 15.4 Å². The Labute approximate surface area is 155 Å². The number of pyridine rings is 1. The summed E-state index contributed by atoms with van der Waals surface area (Å²) >= 11 is 0. The van der Waals surface area contributed by atoms with E-state index in [1.54, 1.807) is 19.2 Å². The second-order valence-electron chi connectivity index (χ2n) is 6.79. The first-order chi connectivity index (χ1) is 12.9. The minimum Gasteiger partial charge on any atom is -0.307 e. The largest absolute Gasteiger partial charge is 0.307 e. The van der Waals surface area contributed by atoms with Crippen LogP contribution in [0.3, 0.4) is 0 Å². The lowest BCUT2D eigenvalue weighted by Gasteiger charge is -2.08. The number of halogens is 2. The van der Waals surface area contributed by atoms with Crippen molar-refractivity contribution in [2.24, 2.45) is 7.05 Å². The van der Waals surface area contributed by atoms with Crippen LogP contribution >= 0.6 is 0 Å². The van der Waals surface area contributed by atoms with Crippen molar-refractivity contribution >= 4 is 11.7 Å². The first-order valence-corrected chi connectivity index (χ1v) is 8.70. The number of amides is 1. The summed E-state index contributed by atoms with van der Waals surface area (Å²) in [7, 11) is 1.65. The fourth-order valence-electron chi connectivity index (χ4n) is 3.04. The molecule has 0 aliphatic heterocycles. The maximum absolute atomic E-state index is 13.4. The minimum atomic E-state index is -0.682. The first kappa shape index (κ1) is 17.3. The van der Waals surface area contributed by atoms with Crippen molar-refractivity contribution in [1.29, 1.82) is 0 Å². The van der Waals surface area contributed by atoms with Gasteiger partial charge in [-0.3, -0.25) is 14.5 Å². The molecule has 4 rings (SSSR count). The standard InChI is InChI=1S/C20H18F2N4O/c1-11-16(5-6-17(23-11)12-3-4-12)20(27)24-19-10-18(25-26(19)2)13-7-14(21)9-15(22)8-13/h5-10,12H,3-4H2,1-2H3,(H,24,27). The molecule has 138 valence electrons. The number of nitrogens with zero attached hydrogens (tertiary/aromatic N) is 3. The summed E-state index contributed by atoms with van der Waals surface area (Å²) in [4.78, 5) is 17.2. The summed E-state index contributed by atoms with van der Waals surface area (Å²) in [6, 6.07) is 8.45. The van der Waals surface area contributed by atoms with E-state index in [0.29, 0.717) is 34.3 Å². The van der Waals surface area contributed by atoms with Crippen LogP contribution in [-0.4, -0.2) is 20.7 Å². The van der Waals surface area contributed by atoms with E-state index >= 15 is 0 Å². The Kier molecular flexibility index (Phi) is 4.22. The number of rotatable bonds is 4. The predicted molar refractivity (Wildman–Crippen MR) is 97.5 cm³/mol. The number of aryl methyl sites for hydroxylation is 2. The minimum absolute atomic E-state index is 0.301. The van der Waals surface area contributed by atoms with Gasteiger partial charge in [-0.25, -0.2) is 8.78 Å². The van der Waals surface area contributed by atoms with E-state index in [0.717, 1.165) is 24.6 Å². The third-order valence-electron chi connectivity index (χ3n) is 4.63. The molecule has 1 fully saturated rings. The maximum atomic E-state index is 13.4. The van der Waals surface area contributed by atoms with Crippen LogP contribution in [0, 0.1) is 18.6 Å². The van der Waals surface area contributed by atoms with Gasteiger partial charge in [0.25, 0.3) is 5.91 Å². The number of carbonyl (C=O) groups excluding carboxylic acids is 1. The molecule has 7 heteroatoms. The highest BCUT2D eigenvalue weighted by molar-refractivity contribution is 6.04. The van der Waals surface area contributed by atoms with Gasteiger partial charge in [-0.05, 0) is 44.0 Å². The van der Waals surface area contributed by atoms with E-state index in [1.807, 2.05) is 13.0 Å². The third-order valence-corrected chi connectivity index (χ3v) is 4.63. The lowest BCUT2D eigenvalue weighted by Crippen LogP contribution is -2.16. The van der Waals surface area contributed by atoms with E-state index in [4.69, 9.17) is 0 Å². The van der Waals surface area contributed by atoms with Crippen molar-refractivity contribution in [3.05, 3.63) is 65.0 Å². The zero-order chi connectivity index (χ0) is 19.1. The van der Waals surface area contributed by atoms with Crippen molar-refractivity contribution in [2.75, 3.05) is 5.32 Å². The average molecular weight is 368 g/mol. The Balaban J connectivity index is 1.57. The molecule has 0 bridgehead atoms. The number of hydrogen-bond acceptors (Lipinski definition) is 3. The molecule has 0 spiro atoms. The molecule has 27 heavy (non-hydrogen) atoms. The molecule has 0 unspecified atom stereocenters. The second-order valence-corrected chi connectivity index (χ2v) is 6.79. The van der Waals surface area contributed by atoms with Crippen LogP contribution in [0.5, 0.6) is 0 Å². The molecule has 0 saturated heterocycles. The Hall–Kier alpha value is -3.09. The van der Waals surface area contributed by atoms with Crippen molar-refractivity contribution < 1.29 is 13.6 Å². The van der Waals surface area contributed by atoms with Gasteiger partial charge in [0, 0.05) is 36.4 Å². The molecule has 1 aliphatic rings. The molecule has 5 nitrogen and oxygen atoms in total. The molecule has 0 radical (unpaired) electrons. The van der Waals surface area contributed by atoms with Crippen LogP contribution < -0.4 is 5.32 Å². The van der Waals surface area contributed by atoms with Crippen LogP contribution in [0.15, 0.2) is 36.4 Å². The highest BCUT2D eigenvalue weighted by Gasteiger charge is 2.26. The van der Waals surface area contributed by atoms with Crippen molar-refractivity contribution in [3.63, 3.8) is 0 Å². The molecule has 0 atom stereocenters. The van der Waals surface area contributed by atoms with Gasteiger partial charge >= 0.3 is 0 Å². The predicted octanol–water partition coefficient (Wildman–Crippen LogP) is 4.20. The van der Waals surface area contributed by atoms with E-state index < -0.39 is 11.6 Å². The Bertz CT molecular complexity index is 1020. The van der Waals surface area contributed by atoms with Crippen LogP contribution in [0.4, 0.5) is 14.6 Å². The zero-order valence-corrected chi connectivity index (χ0v) is 15.0. The summed E-state index contributed by atoms with van der Waals surface area (Å²) in [5.74, 6) is -0.725. The Morgan fingerprint density at radius 1 is 1.15 bits per heavy atom. The summed E-state index contributed by atoms with van der Waals surface area (Å²) < 4.78 is 28.3. The van der Waals surface area contributed by atoms with Crippen LogP contribution in [-0.2, 0) is 7.05 Å². The quantitative estimate of drug-likeness (QED) is 0.751. The van der Waals surface area contributed by atoms with Gasteiger partial charge in [-0.2, -0.15) is 5.10 Å². The Morgan fingerprint density at radius 2 is 1.85 bits per heavy atom. The highest BCUT2D eigenvalue weighted by atomic mass is 19.1. The van der Waals surface area contributed by atoms with E-state index in [9.17, 15) is 13.6 Å². The molecule has 2 aromatic heterocycles. The summed E-state index contributed by atoms with van der Waals surface area (Å²) in [5, 5.41) is 7.02. The number of aromatic nitrogens is 3. The van der Waals surface area contributed by atoms with Crippen molar-refractivity contribution in [2.45, 2.75) is 25.7 Å². The van der Waals surface area contributed by atoms with Crippen LogP contribution in [0.25, 0.3) is 11.3 Å². The van der Waals surface area contributed by atoms with E-state index in [-0.39, 0.29) is 5.91 Å². The molecule has 3 aromatic rings. The highest BCUT2D eigenvalue weighted by Crippen LogP contribution is 2.39. The summed E-state index contributed by atoms with van der Waals surface area (Å²) in [6.45, 7) is 1.81. The fraction of sp³-hybridized carbons (Fsp3) is 0.250. The normalized spacial score (nSPS) is 13.6. The SMILES string of the molecule is Cc1nc(C2CC2)ccc1C(=O)Nc1cc(-c2cc(F)cc(F)c2)nn1C. The average Bonchev–Trinajstić information content (AvgIpc) is 3.38. The van der Waals surface area contributed by atoms with Crippen molar-refractivity contribution in [3.8, 4) is 11.3 Å². The van der Waals surface area contributed by atoms with Gasteiger partial charge in [0.1, 0.15) is 17.5 Å². The van der Waals surface area contributed by atoms with Gasteiger partial charge in [-0.15, -0.1) is 0 Å². The monoisotopic (exact) mass is 368 g/mol. The zero-order valence-electron chi connectivity index (χ0n) is 15.0. The smallest absolute Gasteiger partial charge is 0.258 e. The molecular formula is C20H18F2N4O. The van der Waals surface area contributed by atoms with Crippen molar-refractivity contribution in [1.82, 2.24) is 14.8 Å². The summed E-state index contributed by atoms with van der Waals surface area (Å²) in [5.41, 5.74) is 2.85. The topological polar surface area (TPSA) is 59.8 Å². The maximum Gasteiger partial charge on any atom is 0.258 e. The molecule has 1 saturated carbocycles. The molecule has 1 aromatic carbocycles. The van der Waals surface area contributed by atoms with Gasteiger partial charge in [0.15, 0.2) is 0 Å². The van der Waals surface area contributed by atoms with Gasteiger partial charge in [0.2, 0.25) is 0 Å². The lowest BCUT2D eigenvalue weighted by atomic mass is 10.1. The molecule has 1 aliphatic carbocycles. The third kappa shape index (κ3) is 3.58. The molecule has 1 amide bonds. The lowest BCUT2D eigenvalue weighted by molar-refractivity contribution is 0.102. The summed E-state index contributed by atoms with van der Waals surface area (Å²) in [6.07, 6.45) is 2.30. The molecule has 2 heterocycles. The number of hydrogen-bond donors (Lipinski definition) is 1.